The van der Waals surface area contributed by atoms with Crippen molar-refractivity contribution in [1.82, 2.24) is 0 Å². The molecule has 94 valence electrons. The Morgan fingerprint density at radius 2 is 1.63 bits per heavy atom. The van der Waals surface area contributed by atoms with Crippen molar-refractivity contribution in [3.63, 3.8) is 0 Å². The number of carbonyl (C=O) groups excluding carboxylic acids is 1. The standard InChI is InChI=1S/C17H15NO/c1-12-7-13(2)9-15(8-12)10-17(19)16-5-3-14(11-18)4-6-16/h3-9H,10H2,1-2H3. The fourth-order valence-electron chi connectivity index (χ4n) is 2.19. The first-order valence-electron chi connectivity index (χ1n) is 6.19. The van der Waals surface area contributed by atoms with Crippen LogP contribution in [-0.2, 0) is 6.42 Å². The van der Waals surface area contributed by atoms with E-state index in [1.165, 1.54) is 11.1 Å². The predicted octanol–water partition coefficient (Wildman–Crippen LogP) is 3.60. The molecule has 0 N–H and O–H groups in total. The van der Waals surface area contributed by atoms with Gasteiger partial charge in [-0.15, -0.1) is 0 Å². The van der Waals surface area contributed by atoms with Crippen molar-refractivity contribution in [2.75, 3.05) is 0 Å². The van der Waals surface area contributed by atoms with Crippen molar-refractivity contribution < 1.29 is 4.79 Å². The van der Waals surface area contributed by atoms with Gasteiger partial charge in [-0.05, 0) is 31.5 Å². The Kier molecular flexibility index (Phi) is 3.77. The summed E-state index contributed by atoms with van der Waals surface area (Å²) in [6.45, 7) is 4.06. The Labute approximate surface area is 113 Å². The number of ketones is 1. The van der Waals surface area contributed by atoms with Crippen LogP contribution in [0.3, 0.4) is 0 Å². The zero-order valence-electron chi connectivity index (χ0n) is 11.1. The van der Waals surface area contributed by atoms with Crippen LogP contribution in [0.15, 0.2) is 42.5 Å². The number of rotatable bonds is 3. The molecule has 0 fully saturated rings. The lowest BCUT2D eigenvalue weighted by Crippen LogP contribution is -2.04. The number of Topliss-reactive ketones (excluding diaryl/α,β-unsaturated/α-hetero) is 1. The van der Waals surface area contributed by atoms with Gasteiger partial charge >= 0.3 is 0 Å². The first-order chi connectivity index (χ1) is 9.08. The lowest BCUT2D eigenvalue weighted by molar-refractivity contribution is 0.0993. The van der Waals surface area contributed by atoms with E-state index >= 15 is 0 Å². The molecule has 0 aliphatic rings. The Bertz CT molecular complexity index is 628. The van der Waals surface area contributed by atoms with Gasteiger partial charge in [-0.1, -0.05) is 41.5 Å². The number of carbonyl (C=O) groups is 1. The normalized spacial score (nSPS) is 9.95. The van der Waals surface area contributed by atoms with Gasteiger partial charge < -0.3 is 0 Å². The first kappa shape index (κ1) is 13.0. The second-order valence-corrected chi connectivity index (χ2v) is 4.79. The number of hydrogen-bond acceptors (Lipinski definition) is 2. The summed E-state index contributed by atoms with van der Waals surface area (Å²) in [7, 11) is 0. The minimum Gasteiger partial charge on any atom is -0.294 e. The highest BCUT2D eigenvalue weighted by atomic mass is 16.1. The molecule has 0 saturated heterocycles. The molecule has 2 heteroatoms. The highest BCUT2D eigenvalue weighted by Gasteiger charge is 2.07. The van der Waals surface area contributed by atoms with Crippen LogP contribution in [0.4, 0.5) is 0 Å². The molecule has 2 aromatic rings. The molecule has 2 rings (SSSR count). The molecule has 2 aromatic carbocycles. The maximum atomic E-state index is 12.2. The van der Waals surface area contributed by atoms with Crippen LogP contribution in [0.25, 0.3) is 0 Å². The molecule has 0 aliphatic carbocycles. The second-order valence-electron chi connectivity index (χ2n) is 4.79. The fourth-order valence-corrected chi connectivity index (χ4v) is 2.19. The summed E-state index contributed by atoms with van der Waals surface area (Å²) >= 11 is 0. The van der Waals surface area contributed by atoms with E-state index in [9.17, 15) is 4.79 Å². The van der Waals surface area contributed by atoms with Crippen molar-refractivity contribution in [2.24, 2.45) is 0 Å². The molecule has 0 atom stereocenters. The van der Waals surface area contributed by atoms with Crippen LogP contribution < -0.4 is 0 Å². The van der Waals surface area contributed by atoms with Crippen LogP contribution in [-0.4, -0.2) is 5.78 Å². The number of aryl methyl sites for hydroxylation is 2. The SMILES string of the molecule is Cc1cc(C)cc(CC(=O)c2ccc(C#N)cc2)c1. The Morgan fingerprint density at radius 3 is 2.16 bits per heavy atom. The zero-order valence-corrected chi connectivity index (χ0v) is 11.1. The summed E-state index contributed by atoms with van der Waals surface area (Å²) in [5, 5.41) is 8.73. The van der Waals surface area contributed by atoms with Crippen LogP contribution in [0, 0.1) is 25.2 Å². The molecule has 0 spiro atoms. The van der Waals surface area contributed by atoms with Gasteiger partial charge in [0.2, 0.25) is 0 Å². The summed E-state index contributed by atoms with van der Waals surface area (Å²) in [5.41, 5.74) is 4.60. The highest BCUT2D eigenvalue weighted by Crippen LogP contribution is 2.13. The molecule has 0 heterocycles. The number of benzene rings is 2. The van der Waals surface area contributed by atoms with Gasteiger partial charge in [0.15, 0.2) is 5.78 Å². The second kappa shape index (κ2) is 5.49. The highest BCUT2D eigenvalue weighted by molar-refractivity contribution is 5.97. The fraction of sp³-hybridized carbons (Fsp3) is 0.176. The van der Waals surface area contributed by atoms with E-state index in [1.54, 1.807) is 24.3 Å². The lowest BCUT2D eigenvalue weighted by Gasteiger charge is -2.05. The van der Waals surface area contributed by atoms with Crippen molar-refractivity contribution in [1.29, 1.82) is 5.26 Å². The maximum Gasteiger partial charge on any atom is 0.167 e. The van der Waals surface area contributed by atoms with E-state index < -0.39 is 0 Å². The van der Waals surface area contributed by atoms with Gasteiger partial charge in [-0.25, -0.2) is 0 Å². The largest absolute Gasteiger partial charge is 0.294 e. The van der Waals surface area contributed by atoms with E-state index in [2.05, 4.69) is 6.07 Å². The van der Waals surface area contributed by atoms with Gasteiger partial charge in [-0.2, -0.15) is 5.26 Å². The molecule has 0 bridgehead atoms. The number of nitriles is 1. The molecule has 0 saturated carbocycles. The molecule has 2 nitrogen and oxygen atoms in total. The van der Waals surface area contributed by atoms with Crippen molar-refractivity contribution in [3.05, 3.63) is 70.3 Å². The molecule has 0 aromatic heterocycles. The lowest BCUT2D eigenvalue weighted by atomic mass is 9.99. The third kappa shape index (κ3) is 3.29. The summed E-state index contributed by atoms with van der Waals surface area (Å²) in [6, 6.07) is 15.0. The van der Waals surface area contributed by atoms with Crippen LogP contribution in [0.2, 0.25) is 0 Å². The third-order valence-electron chi connectivity index (χ3n) is 2.98. The monoisotopic (exact) mass is 249 g/mol. The van der Waals surface area contributed by atoms with E-state index in [1.807, 2.05) is 32.0 Å². The molecule has 0 radical (unpaired) electrons. The average Bonchev–Trinajstić information content (AvgIpc) is 2.37. The van der Waals surface area contributed by atoms with Gasteiger partial charge in [0.1, 0.15) is 0 Å². The molecule has 0 aliphatic heterocycles. The van der Waals surface area contributed by atoms with Gasteiger partial charge in [0.25, 0.3) is 0 Å². The summed E-state index contributed by atoms with van der Waals surface area (Å²) in [5.74, 6) is 0.0782. The Morgan fingerprint density at radius 1 is 1.05 bits per heavy atom. The molecular weight excluding hydrogens is 234 g/mol. The first-order valence-corrected chi connectivity index (χ1v) is 6.19. The van der Waals surface area contributed by atoms with Gasteiger partial charge in [-0.3, -0.25) is 4.79 Å². The third-order valence-corrected chi connectivity index (χ3v) is 2.98. The smallest absolute Gasteiger partial charge is 0.167 e. The van der Waals surface area contributed by atoms with Gasteiger partial charge in [0, 0.05) is 12.0 Å². The zero-order chi connectivity index (χ0) is 13.8. The average molecular weight is 249 g/mol. The van der Waals surface area contributed by atoms with Crippen molar-refractivity contribution >= 4 is 5.78 Å². The predicted molar refractivity (Wildman–Crippen MR) is 75.1 cm³/mol. The number of nitrogens with zero attached hydrogens (tertiary/aromatic N) is 1. The molecule has 0 amide bonds. The minimum atomic E-state index is 0.0782. The Balaban J connectivity index is 2.18. The minimum absolute atomic E-state index is 0.0782. The maximum absolute atomic E-state index is 12.2. The van der Waals surface area contributed by atoms with Crippen molar-refractivity contribution in [3.8, 4) is 6.07 Å². The quantitative estimate of drug-likeness (QED) is 0.780. The molecule has 0 unspecified atom stereocenters. The molecule has 19 heavy (non-hydrogen) atoms. The molecular formula is C17H15NO. The van der Waals surface area contributed by atoms with E-state index in [4.69, 9.17) is 5.26 Å². The Hall–Kier alpha value is -2.40. The van der Waals surface area contributed by atoms with Crippen LogP contribution >= 0.6 is 0 Å². The summed E-state index contributed by atoms with van der Waals surface area (Å²) < 4.78 is 0. The number of hydrogen-bond donors (Lipinski definition) is 0. The van der Waals surface area contributed by atoms with Crippen molar-refractivity contribution in [2.45, 2.75) is 20.3 Å². The van der Waals surface area contributed by atoms with E-state index in [-0.39, 0.29) is 5.78 Å². The topological polar surface area (TPSA) is 40.9 Å². The van der Waals surface area contributed by atoms with Crippen LogP contribution in [0.1, 0.15) is 32.6 Å². The summed E-state index contributed by atoms with van der Waals surface area (Å²) in [4.78, 5) is 12.2. The van der Waals surface area contributed by atoms with E-state index in [0.717, 1.165) is 5.56 Å². The van der Waals surface area contributed by atoms with Crippen LogP contribution in [0.5, 0.6) is 0 Å². The van der Waals surface area contributed by atoms with Gasteiger partial charge in [0.05, 0.1) is 11.6 Å². The van der Waals surface area contributed by atoms with E-state index in [0.29, 0.717) is 17.5 Å². The summed E-state index contributed by atoms with van der Waals surface area (Å²) in [6.07, 6.45) is 0.397.